The first-order valence-electron chi connectivity index (χ1n) is 8.00. The minimum atomic E-state index is 0.414. The molecule has 0 N–H and O–H groups in total. The van der Waals surface area contributed by atoms with Crippen LogP contribution in [0.25, 0.3) is 0 Å². The number of hydrogen-bond acceptors (Lipinski definition) is 3. The fourth-order valence-corrected chi connectivity index (χ4v) is 5.37. The molecular weight excluding hydrogens is 427 g/mol. The van der Waals surface area contributed by atoms with Gasteiger partial charge in [-0.2, -0.15) is 11.8 Å². The summed E-state index contributed by atoms with van der Waals surface area (Å²) in [5.74, 6) is 1.88. The Balaban J connectivity index is 1.63. The largest absolute Gasteiger partial charge is 0.336 e. The molecule has 0 aliphatic carbocycles. The predicted molar refractivity (Wildman–Crippen MR) is 116 cm³/mol. The molecule has 0 aliphatic heterocycles. The van der Waals surface area contributed by atoms with Crippen LogP contribution in [-0.2, 0) is 12.3 Å². The molecule has 2 nitrogen and oxygen atoms in total. The van der Waals surface area contributed by atoms with Crippen molar-refractivity contribution in [1.29, 1.82) is 0 Å². The third-order valence-corrected chi connectivity index (χ3v) is 7.34. The third kappa shape index (κ3) is 6.14. The second-order valence-corrected chi connectivity index (χ2v) is 9.34. The van der Waals surface area contributed by atoms with Gasteiger partial charge in [0.15, 0.2) is 0 Å². The molecule has 2 aromatic carbocycles. The molecule has 26 heavy (non-hydrogen) atoms. The van der Waals surface area contributed by atoms with Gasteiger partial charge in [-0.3, -0.25) is 0 Å². The van der Waals surface area contributed by atoms with Crippen LogP contribution in [0.15, 0.2) is 66.1 Å². The van der Waals surface area contributed by atoms with E-state index in [1.165, 1.54) is 5.56 Å². The maximum atomic E-state index is 6.30. The van der Waals surface area contributed by atoms with Crippen molar-refractivity contribution in [2.75, 3.05) is 5.75 Å². The SMILES string of the molecule is Clc1ccc(CSC(CSc2ccc(Cl)cc2Cl)Cn2ccnc2)cc1. The summed E-state index contributed by atoms with van der Waals surface area (Å²) in [6, 6.07) is 13.7. The quantitative estimate of drug-likeness (QED) is 0.351. The van der Waals surface area contributed by atoms with Gasteiger partial charge in [0.05, 0.1) is 11.3 Å². The van der Waals surface area contributed by atoms with E-state index < -0.39 is 0 Å². The number of imidazole rings is 1. The molecule has 1 unspecified atom stereocenters. The Kier molecular flexibility index (Phi) is 7.64. The lowest BCUT2D eigenvalue weighted by Crippen LogP contribution is -2.15. The Morgan fingerprint density at radius 3 is 2.46 bits per heavy atom. The summed E-state index contributed by atoms with van der Waals surface area (Å²) in [7, 11) is 0. The molecular formula is C19H17Cl3N2S2. The number of nitrogens with zero attached hydrogens (tertiary/aromatic N) is 2. The van der Waals surface area contributed by atoms with Crippen LogP contribution in [0.3, 0.4) is 0 Å². The van der Waals surface area contributed by atoms with Crippen molar-refractivity contribution in [1.82, 2.24) is 9.55 Å². The molecule has 0 fully saturated rings. The molecule has 1 heterocycles. The highest BCUT2D eigenvalue weighted by Gasteiger charge is 2.13. The summed E-state index contributed by atoms with van der Waals surface area (Å²) in [5, 5.41) is 2.54. The highest BCUT2D eigenvalue weighted by atomic mass is 35.5. The zero-order chi connectivity index (χ0) is 18.4. The fourth-order valence-electron chi connectivity index (χ4n) is 2.35. The van der Waals surface area contributed by atoms with Crippen molar-refractivity contribution in [3.05, 3.63) is 81.8 Å². The van der Waals surface area contributed by atoms with Gasteiger partial charge in [0.1, 0.15) is 0 Å². The lowest BCUT2D eigenvalue weighted by molar-refractivity contribution is 0.695. The van der Waals surface area contributed by atoms with Crippen molar-refractivity contribution < 1.29 is 0 Å². The highest BCUT2D eigenvalue weighted by molar-refractivity contribution is 8.03. The van der Waals surface area contributed by atoms with Gasteiger partial charge in [-0.25, -0.2) is 4.98 Å². The second kappa shape index (κ2) is 9.95. The second-order valence-electron chi connectivity index (χ2n) is 5.70. The Labute approximate surface area is 177 Å². The van der Waals surface area contributed by atoms with Crippen LogP contribution in [0.5, 0.6) is 0 Å². The van der Waals surface area contributed by atoms with Gasteiger partial charge in [0, 0.05) is 50.6 Å². The van der Waals surface area contributed by atoms with Crippen LogP contribution in [0.2, 0.25) is 15.1 Å². The predicted octanol–water partition coefficient (Wildman–Crippen LogP) is 6.94. The van der Waals surface area contributed by atoms with E-state index in [4.69, 9.17) is 34.8 Å². The number of hydrogen-bond donors (Lipinski definition) is 0. The normalized spacial score (nSPS) is 12.3. The molecule has 0 saturated heterocycles. The first-order chi connectivity index (χ1) is 12.6. The Morgan fingerprint density at radius 1 is 1.00 bits per heavy atom. The molecule has 0 radical (unpaired) electrons. The first-order valence-corrected chi connectivity index (χ1v) is 11.2. The fraction of sp³-hybridized carbons (Fsp3) is 0.211. The highest BCUT2D eigenvalue weighted by Crippen LogP contribution is 2.33. The first kappa shape index (κ1) is 20.0. The maximum absolute atomic E-state index is 6.30. The Hall–Kier alpha value is -0.780. The molecule has 136 valence electrons. The van der Waals surface area contributed by atoms with Gasteiger partial charge in [-0.05, 0) is 35.9 Å². The molecule has 0 saturated carbocycles. The number of thioether (sulfide) groups is 2. The van der Waals surface area contributed by atoms with Crippen molar-refractivity contribution in [2.45, 2.75) is 22.4 Å². The van der Waals surface area contributed by atoms with Crippen molar-refractivity contribution >= 4 is 58.3 Å². The van der Waals surface area contributed by atoms with Gasteiger partial charge in [0.25, 0.3) is 0 Å². The van der Waals surface area contributed by atoms with Crippen LogP contribution in [0, 0.1) is 0 Å². The molecule has 0 bridgehead atoms. The standard InChI is InChI=1S/C19H17Cl3N2S2/c20-15-3-1-14(2-4-15)11-25-17(10-24-8-7-23-13-24)12-26-19-6-5-16(21)9-18(19)22/h1-9,13,17H,10-12H2. The van der Waals surface area contributed by atoms with Crippen LogP contribution >= 0.6 is 58.3 Å². The third-order valence-electron chi connectivity index (χ3n) is 3.69. The van der Waals surface area contributed by atoms with Crippen LogP contribution < -0.4 is 0 Å². The topological polar surface area (TPSA) is 17.8 Å². The zero-order valence-corrected chi connectivity index (χ0v) is 17.7. The number of halogens is 3. The summed E-state index contributed by atoms with van der Waals surface area (Å²) < 4.78 is 2.11. The van der Waals surface area contributed by atoms with Gasteiger partial charge in [-0.15, -0.1) is 11.8 Å². The van der Waals surface area contributed by atoms with Crippen molar-refractivity contribution in [3.63, 3.8) is 0 Å². The van der Waals surface area contributed by atoms with E-state index in [1.54, 1.807) is 17.8 Å². The smallest absolute Gasteiger partial charge is 0.0946 e. The summed E-state index contributed by atoms with van der Waals surface area (Å²) in [5.41, 5.74) is 1.27. The lowest BCUT2D eigenvalue weighted by Gasteiger charge is -2.17. The molecule has 0 amide bonds. The van der Waals surface area contributed by atoms with E-state index in [1.807, 2.05) is 54.7 Å². The van der Waals surface area contributed by atoms with E-state index in [9.17, 15) is 0 Å². The van der Waals surface area contributed by atoms with E-state index in [-0.39, 0.29) is 0 Å². The minimum absolute atomic E-state index is 0.414. The monoisotopic (exact) mass is 442 g/mol. The molecule has 1 atom stereocenters. The zero-order valence-electron chi connectivity index (χ0n) is 13.8. The number of benzene rings is 2. The minimum Gasteiger partial charge on any atom is -0.336 e. The molecule has 3 aromatic rings. The van der Waals surface area contributed by atoms with Crippen LogP contribution in [0.1, 0.15) is 5.56 Å². The summed E-state index contributed by atoms with van der Waals surface area (Å²) >= 11 is 21.9. The van der Waals surface area contributed by atoms with Crippen LogP contribution in [-0.4, -0.2) is 20.6 Å². The number of aromatic nitrogens is 2. The maximum Gasteiger partial charge on any atom is 0.0946 e. The van der Waals surface area contributed by atoms with Gasteiger partial charge >= 0.3 is 0 Å². The molecule has 0 aliphatic rings. The Morgan fingerprint density at radius 2 is 1.77 bits per heavy atom. The number of rotatable bonds is 8. The summed E-state index contributed by atoms with van der Waals surface area (Å²) in [6.07, 6.45) is 5.66. The van der Waals surface area contributed by atoms with E-state index in [2.05, 4.69) is 21.7 Å². The lowest BCUT2D eigenvalue weighted by atomic mass is 10.2. The van der Waals surface area contributed by atoms with Gasteiger partial charge in [0.2, 0.25) is 0 Å². The molecule has 1 aromatic heterocycles. The average Bonchev–Trinajstić information content (AvgIpc) is 3.13. The average molecular weight is 444 g/mol. The van der Waals surface area contributed by atoms with Gasteiger partial charge in [-0.1, -0.05) is 46.9 Å². The summed E-state index contributed by atoms with van der Waals surface area (Å²) in [4.78, 5) is 5.20. The van der Waals surface area contributed by atoms with Crippen molar-refractivity contribution in [2.24, 2.45) is 0 Å². The van der Waals surface area contributed by atoms with E-state index in [0.717, 1.165) is 28.0 Å². The molecule has 0 spiro atoms. The Bertz CT molecular complexity index is 823. The van der Waals surface area contributed by atoms with Crippen molar-refractivity contribution in [3.8, 4) is 0 Å². The van der Waals surface area contributed by atoms with Crippen LogP contribution in [0.4, 0.5) is 0 Å². The van der Waals surface area contributed by atoms with E-state index in [0.29, 0.717) is 15.3 Å². The summed E-state index contributed by atoms with van der Waals surface area (Å²) in [6.45, 7) is 0.899. The molecule has 3 rings (SSSR count). The van der Waals surface area contributed by atoms with E-state index >= 15 is 0 Å². The van der Waals surface area contributed by atoms with Gasteiger partial charge < -0.3 is 4.57 Å². The molecule has 7 heteroatoms.